The van der Waals surface area contributed by atoms with Crippen LogP contribution < -0.4 is 9.47 Å². The summed E-state index contributed by atoms with van der Waals surface area (Å²) in [6, 6.07) is 5.24. The minimum Gasteiger partial charge on any atom is -0.486 e. The number of allylic oxidation sites excluding steroid dienone is 10. The molecule has 0 aliphatic carbocycles. The standard InChI is InChI=1S/C39H58O4/c1-10-41-39(40)36-23-24-37(42-27-25-34(8)21-13-19-32(6)17-11-15-30(2)3)38(29-36)43-28-26-35(9)22-14-20-33(7)18-12-16-31(4)5/h15-16,19-20,23-26,29H,10-14,17-18,21-22,27-28H2,1-9H3/b32-19+,33-20+,34-25+,35-26+. The second-order valence-corrected chi connectivity index (χ2v) is 11.9. The van der Waals surface area contributed by atoms with E-state index in [2.05, 4.69) is 91.8 Å². The summed E-state index contributed by atoms with van der Waals surface area (Å²) in [6.45, 7) is 20.3. The predicted molar refractivity (Wildman–Crippen MR) is 184 cm³/mol. The van der Waals surface area contributed by atoms with Crippen molar-refractivity contribution in [3.8, 4) is 11.5 Å². The fraction of sp³-hybridized carbons (Fsp3) is 0.513. The first-order valence-electron chi connectivity index (χ1n) is 16.0. The third-order valence-corrected chi connectivity index (χ3v) is 7.04. The molecule has 0 N–H and O–H groups in total. The van der Waals surface area contributed by atoms with Crippen LogP contribution in [-0.2, 0) is 4.74 Å². The molecule has 4 heteroatoms. The van der Waals surface area contributed by atoms with Crippen molar-refractivity contribution >= 4 is 5.97 Å². The van der Waals surface area contributed by atoms with Crippen LogP contribution in [0.1, 0.15) is 124 Å². The van der Waals surface area contributed by atoms with Crippen LogP contribution in [0, 0.1) is 0 Å². The van der Waals surface area contributed by atoms with E-state index >= 15 is 0 Å². The van der Waals surface area contributed by atoms with Gasteiger partial charge in [-0.15, -0.1) is 0 Å². The van der Waals surface area contributed by atoms with Crippen LogP contribution in [0.3, 0.4) is 0 Å². The number of benzene rings is 1. The molecule has 0 bridgehead atoms. The van der Waals surface area contributed by atoms with Gasteiger partial charge in [0.05, 0.1) is 12.2 Å². The SMILES string of the molecule is CCOC(=O)c1ccc(OC/C=C(\C)CC/C=C(\C)CCC=C(C)C)c(OC/C=C(\C)CC/C=C(\C)CCC=C(C)C)c1. The van der Waals surface area contributed by atoms with Gasteiger partial charge in [-0.2, -0.15) is 0 Å². The van der Waals surface area contributed by atoms with Crippen molar-refractivity contribution in [1.82, 2.24) is 0 Å². The highest BCUT2D eigenvalue weighted by atomic mass is 16.5. The second-order valence-electron chi connectivity index (χ2n) is 11.9. The van der Waals surface area contributed by atoms with Crippen molar-refractivity contribution < 1.29 is 19.0 Å². The maximum absolute atomic E-state index is 12.3. The fourth-order valence-corrected chi connectivity index (χ4v) is 4.31. The molecule has 0 unspecified atom stereocenters. The third-order valence-electron chi connectivity index (χ3n) is 7.04. The Morgan fingerprint density at radius 2 is 1.00 bits per heavy atom. The van der Waals surface area contributed by atoms with E-state index in [1.807, 2.05) is 0 Å². The molecular formula is C39H58O4. The highest BCUT2D eigenvalue weighted by Crippen LogP contribution is 2.29. The van der Waals surface area contributed by atoms with E-state index in [1.54, 1.807) is 25.1 Å². The van der Waals surface area contributed by atoms with Gasteiger partial charge in [-0.05, 0) is 144 Å². The van der Waals surface area contributed by atoms with E-state index in [4.69, 9.17) is 14.2 Å². The van der Waals surface area contributed by atoms with Crippen molar-refractivity contribution in [2.45, 2.75) is 114 Å². The molecule has 0 saturated carbocycles. The van der Waals surface area contributed by atoms with Crippen LogP contribution in [0.4, 0.5) is 0 Å². The molecule has 43 heavy (non-hydrogen) atoms. The van der Waals surface area contributed by atoms with Crippen LogP contribution in [0.25, 0.3) is 0 Å². The zero-order chi connectivity index (χ0) is 32.0. The molecule has 0 aliphatic rings. The molecule has 0 aromatic heterocycles. The lowest BCUT2D eigenvalue weighted by molar-refractivity contribution is 0.0526. The van der Waals surface area contributed by atoms with Crippen molar-refractivity contribution in [2.75, 3.05) is 19.8 Å². The number of hydrogen-bond acceptors (Lipinski definition) is 4. The molecule has 0 radical (unpaired) electrons. The van der Waals surface area contributed by atoms with E-state index in [9.17, 15) is 4.79 Å². The van der Waals surface area contributed by atoms with E-state index in [0.29, 0.717) is 36.9 Å². The number of carbonyl (C=O) groups is 1. The molecule has 238 valence electrons. The van der Waals surface area contributed by atoms with Crippen LogP contribution in [0.2, 0.25) is 0 Å². The minimum absolute atomic E-state index is 0.326. The Kier molecular flexibility index (Phi) is 19.6. The topological polar surface area (TPSA) is 44.8 Å². The Bertz CT molecular complexity index is 1170. The van der Waals surface area contributed by atoms with Crippen molar-refractivity contribution in [3.05, 3.63) is 93.7 Å². The normalized spacial score (nSPS) is 12.6. The number of ether oxygens (including phenoxy) is 3. The Balaban J connectivity index is 2.74. The molecule has 0 saturated heterocycles. The van der Waals surface area contributed by atoms with E-state index < -0.39 is 0 Å². The molecule has 0 aliphatic heterocycles. The number of rotatable bonds is 20. The molecule has 0 heterocycles. The molecule has 1 aromatic carbocycles. The lowest BCUT2D eigenvalue weighted by atomic mass is 10.1. The lowest BCUT2D eigenvalue weighted by Crippen LogP contribution is -2.07. The summed E-state index contributed by atoms with van der Waals surface area (Å²) in [7, 11) is 0. The summed E-state index contributed by atoms with van der Waals surface area (Å²) in [5.74, 6) is 0.802. The number of esters is 1. The Hall–Kier alpha value is -3.27. The average Bonchev–Trinajstić information content (AvgIpc) is 2.93. The first-order valence-corrected chi connectivity index (χ1v) is 16.0. The highest BCUT2D eigenvalue weighted by Gasteiger charge is 2.12. The van der Waals surface area contributed by atoms with Gasteiger partial charge in [0.15, 0.2) is 11.5 Å². The summed E-state index contributed by atoms with van der Waals surface area (Å²) in [5, 5.41) is 0. The molecule has 1 rings (SSSR count). The second kappa shape index (κ2) is 22.3. The van der Waals surface area contributed by atoms with Crippen molar-refractivity contribution in [3.63, 3.8) is 0 Å². The van der Waals surface area contributed by atoms with Gasteiger partial charge in [0.1, 0.15) is 13.2 Å². The number of hydrogen-bond donors (Lipinski definition) is 0. The zero-order valence-corrected chi connectivity index (χ0v) is 28.6. The maximum Gasteiger partial charge on any atom is 0.338 e. The Morgan fingerprint density at radius 1 is 0.581 bits per heavy atom. The molecule has 0 fully saturated rings. The molecule has 0 amide bonds. The quantitative estimate of drug-likeness (QED) is 0.112. The molecule has 0 atom stereocenters. The molecular weight excluding hydrogens is 532 g/mol. The van der Waals surface area contributed by atoms with Gasteiger partial charge in [0, 0.05) is 0 Å². The van der Waals surface area contributed by atoms with E-state index in [-0.39, 0.29) is 5.97 Å². The minimum atomic E-state index is -0.364. The number of carbonyl (C=O) groups excluding carboxylic acids is 1. The summed E-state index contributed by atoms with van der Waals surface area (Å²) in [6.07, 6.45) is 22.0. The lowest BCUT2D eigenvalue weighted by Gasteiger charge is -2.13. The smallest absolute Gasteiger partial charge is 0.338 e. The fourth-order valence-electron chi connectivity index (χ4n) is 4.31. The van der Waals surface area contributed by atoms with Crippen molar-refractivity contribution in [1.29, 1.82) is 0 Å². The monoisotopic (exact) mass is 590 g/mol. The molecule has 0 spiro atoms. The van der Waals surface area contributed by atoms with Gasteiger partial charge >= 0.3 is 5.97 Å². The van der Waals surface area contributed by atoms with Gasteiger partial charge in [0.25, 0.3) is 0 Å². The van der Waals surface area contributed by atoms with Crippen molar-refractivity contribution in [2.24, 2.45) is 0 Å². The van der Waals surface area contributed by atoms with Crippen LogP contribution in [-0.4, -0.2) is 25.8 Å². The van der Waals surface area contributed by atoms with E-state index in [0.717, 1.165) is 51.4 Å². The van der Waals surface area contributed by atoms with Gasteiger partial charge in [0.2, 0.25) is 0 Å². The summed E-state index contributed by atoms with van der Waals surface area (Å²) < 4.78 is 17.4. The van der Waals surface area contributed by atoms with Crippen LogP contribution >= 0.6 is 0 Å². The van der Waals surface area contributed by atoms with Gasteiger partial charge in [-0.1, -0.05) is 57.7 Å². The van der Waals surface area contributed by atoms with Crippen LogP contribution in [0.15, 0.2) is 88.1 Å². The molecule has 4 nitrogen and oxygen atoms in total. The predicted octanol–water partition coefficient (Wildman–Crippen LogP) is 11.5. The Labute approximate surface area is 263 Å². The summed E-state index contributed by atoms with van der Waals surface area (Å²) in [4.78, 5) is 12.3. The average molecular weight is 591 g/mol. The summed E-state index contributed by atoms with van der Waals surface area (Å²) in [5.41, 5.74) is 8.65. The largest absolute Gasteiger partial charge is 0.486 e. The molecule has 1 aromatic rings. The third kappa shape index (κ3) is 18.8. The first kappa shape index (κ1) is 37.8. The van der Waals surface area contributed by atoms with Gasteiger partial charge in [-0.3, -0.25) is 0 Å². The Morgan fingerprint density at radius 3 is 1.44 bits per heavy atom. The van der Waals surface area contributed by atoms with E-state index in [1.165, 1.54) is 33.4 Å². The maximum atomic E-state index is 12.3. The highest BCUT2D eigenvalue weighted by molar-refractivity contribution is 5.90. The summed E-state index contributed by atoms with van der Waals surface area (Å²) >= 11 is 0. The van der Waals surface area contributed by atoms with Gasteiger partial charge < -0.3 is 14.2 Å². The zero-order valence-electron chi connectivity index (χ0n) is 28.6. The van der Waals surface area contributed by atoms with Crippen LogP contribution in [0.5, 0.6) is 11.5 Å². The van der Waals surface area contributed by atoms with Gasteiger partial charge in [-0.25, -0.2) is 4.79 Å². The first-order chi connectivity index (χ1) is 20.5.